The van der Waals surface area contributed by atoms with Crippen LogP contribution in [0, 0.1) is 5.82 Å². The fourth-order valence-corrected chi connectivity index (χ4v) is 3.10. The number of urea groups is 1. The van der Waals surface area contributed by atoms with Crippen molar-refractivity contribution < 1.29 is 19.1 Å². The van der Waals surface area contributed by atoms with Gasteiger partial charge in [0.05, 0.1) is 12.6 Å². The maximum atomic E-state index is 13.4. The summed E-state index contributed by atoms with van der Waals surface area (Å²) in [6, 6.07) is 5.83. The number of carbonyl (C=O) groups excluding carboxylic acids is 2. The summed E-state index contributed by atoms with van der Waals surface area (Å²) in [5, 5.41) is 12.4. The van der Waals surface area contributed by atoms with E-state index in [-0.39, 0.29) is 36.9 Å². The Morgan fingerprint density at radius 2 is 2.14 bits per heavy atom. The quantitative estimate of drug-likeness (QED) is 0.794. The van der Waals surface area contributed by atoms with Crippen molar-refractivity contribution in [3.05, 3.63) is 35.6 Å². The Hall–Kier alpha value is -1.99. The van der Waals surface area contributed by atoms with E-state index in [1.165, 1.54) is 17.0 Å². The number of imide groups is 1. The summed E-state index contributed by atoms with van der Waals surface area (Å²) < 4.78 is 13.4. The van der Waals surface area contributed by atoms with Crippen LogP contribution in [-0.2, 0) is 4.79 Å². The van der Waals surface area contributed by atoms with Gasteiger partial charge in [-0.3, -0.25) is 14.6 Å². The first-order chi connectivity index (χ1) is 10.5. The lowest BCUT2D eigenvalue weighted by atomic mass is 10.0. The number of hydrogen-bond donors (Lipinski definition) is 2. The van der Waals surface area contributed by atoms with Crippen LogP contribution in [0.4, 0.5) is 9.18 Å². The standard InChI is InChI=1S/C15H18FN3O3/c16-11-3-1-2-10(6-11)13-7-12(20)9-18(13)4-5-19-14(21)8-17-15(19)22/h1-3,6,12-13,20H,4-5,7-9H2,(H,17,22). The third-order valence-electron chi connectivity index (χ3n) is 4.16. The molecular weight excluding hydrogens is 289 g/mol. The first-order valence-corrected chi connectivity index (χ1v) is 7.30. The minimum Gasteiger partial charge on any atom is -0.392 e. The Morgan fingerprint density at radius 3 is 2.82 bits per heavy atom. The summed E-state index contributed by atoms with van der Waals surface area (Å²) in [6.07, 6.45) is 0.0280. The third kappa shape index (κ3) is 2.95. The van der Waals surface area contributed by atoms with Crippen LogP contribution in [0.15, 0.2) is 24.3 Å². The van der Waals surface area contributed by atoms with Crippen molar-refractivity contribution in [1.29, 1.82) is 0 Å². The van der Waals surface area contributed by atoms with Crippen molar-refractivity contribution in [3.63, 3.8) is 0 Å². The highest BCUT2D eigenvalue weighted by molar-refractivity contribution is 6.01. The van der Waals surface area contributed by atoms with Gasteiger partial charge in [0.2, 0.25) is 5.91 Å². The SMILES string of the molecule is O=C1CNC(=O)N1CCN1CC(O)CC1c1cccc(F)c1. The van der Waals surface area contributed by atoms with Gasteiger partial charge in [-0.2, -0.15) is 0 Å². The molecule has 0 saturated carbocycles. The van der Waals surface area contributed by atoms with E-state index < -0.39 is 6.10 Å². The molecule has 2 N–H and O–H groups in total. The summed E-state index contributed by atoms with van der Waals surface area (Å²) in [5.74, 6) is -0.556. The molecule has 0 aromatic heterocycles. The van der Waals surface area contributed by atoms with Crippen molar-refractivity contribution in [3.8, 4) is 0 Å². The molecule has 3 rings (SSSR count). The number of aliphatic hydroxyl groups excluding tert-OH is 1. The van der Waals surface area contributed by atoms with Crippen LogP contribution in [0.3, 0.4) is 0 Å². The highest BCUT2D eigenvalue weighted by Crippen LogP contribution is 2.32. The van der Waals surface area contributed by atoms with E-state index in [0.717, 1.165) is 5.56 Å². The van der Waals surface area contributed by atoms with E-state index in [4.69, 9.17) is 0 Å². The molecule has 0 radical (unpaired) electrons. The monoisotopic (exact) mass is 307 g/mol. The molecule has 22 heavy (non-hydrogen) atoms. The fraction of sp³-hybridized carbons (Fsp3) is 0.467. The molecule has 1 aromatic carbocycles. The summed E-state index contributed by atoms with van der Waals surface area (Å²) in [7, 11) is 0. The number of β-amino-alcohol motifs (C(OH)–C–C–N with tert-alkyl or cyclic N) is 1. The van der Waals surface area contributed by atoms with E-state index in [1.807, 2.05) is 11.0 Å². The van der Waals surface area contributed by atoms with E-state index in [2.05, 4.69) is 5.32 Å². The summed E-state index contributed by atoms with van der Waals surface area (Å²) >= 11 is 0. The van der Waals surface area contributed by atoms with Gasteiger partial charge >= 0.3 is 6.03 Å². The lowest BCUT2D eigenvalue weighted by molar-refractivity contribution is -0.125. The van der Waals surface area contributed by atoms with Crippen LogP contribution in [-0.4, -0.2) is 59.1 Å². The maximum Gasteiger partial charge on any atom is 0.324 e. The topological polar surface area (TPSA) is 72.9 Å². The minimum absolute atomic E-state index is 0.0365. The van der Waals surface area contributed by atoms with E-state index >= 15 is 0 Å². The third-order valence-corrected chi connectivity index (χ3v) is 4.16. The molecule has 0 spiro atoms. The van der Waals surface area contributed by atoms with Gasteiger partial charge in [0.15, 0.2) is 0 Å². The van der Waals surface area contributed by atoms with Gasteiger partial charge in [0.1, 0.15) is 5.82 Å². The molecule has 2 aliphatic heterocycles. The lowest BCUT2D eigenvalue weighted by Crippen LogP contribution is -2.39. The van der Waals surface area contributed by atoms with Gasteiger partial charge in [-0.25, -0.2) is 9.18 Å². The predicted octanol–water partition coefficient (Wildman–Crippen LogP) is 0.485. The average molecular weight is 307 g/mol. The van der Waals surface area contributed by atoms with Gasteiger partial charge in [-0.05, 0) is 24.1 Å². The summed E-state index contributed by atoms with van der Waals surface area (Å²) in [4.78, 5) is 26.3. The number of halogens is 1. The van der Waals surface area contributed by atoms with Crippen molar-refractivity contribution in [1.82, 2.24) is 15.1 Å². The van der Waals surface area contributed by atoms with Crippen molar-refractivity contribution in [2.24, 2.45) is 0 Å². The van der Waals surface area contributed by atoms with E-state index in [9.17, 15) is 19.1 Å². The van der Waals surface area contributed by atoms with Gasteiger partial charge < -0.3 is 10.4 Å². The zero-order chi connectivity index (χ0) is 15.7. The molecule has 2 unspecified atom stereocenters. The van der Waals surface area contributed by atoms with Crippen LogP contribution in [0.25, 0.3) is 0 Å². The molecule has 118 valence electrons. The van der Waals surface area contributed by atoms with Crippen molar-refractivity contribution in [2.45, 2.75) is 18.6 Å². The van der Waals surface area contributed by atoms with Gasteiger partial charge in [-0.15, -0.1) is 0 Å². The fourth-order valence-electron chi connectivity index (χ4n) is 3.10. The molecular formula is C15H18FN3O3. The predicted molar refractivity (Wildman–Crippen MR) is 76.4 cm³/mol. The molecule has 2 atom stereocenters. The Bertz CT molecular complexity index is 579. The van der Waals surface area contributed by atoms with Gasteiger partial charge in [0.25, 0.3) is 0 Å². The molecule has 2 saturated heterocycles. The molecule has 0 aliphatic carbocycles. The molecule has 2 heterocycles. The van der Waals surface area contributed by atoms with Crippen LogP contribution < -0.4 is 5.32 Å². The molecule has 2 aliphatic rings. The van der Waals surface area contributed by atoms with Crippen molar-refractivity contribution in [2.75, 3.05) is 26.2 Å². The Kier molecular flexibility index (Phi) is 4.08. The first-order valence-electron chi connectivity index (χ1n) is 7.30. The normalized spacial score (nSPS) is 25.8. The Balaban J connectivity index is 1.69. The average Bonchev–Trinajstić information content (AvgIpc) is 3.00. The van der Waals surface area contributed by atoms with Crippen molar-refractivity contribution >= 4 is 11.9 Å². The maximum absolute atomic E-state index is 13.4. The number of nitrogens with one attached hydrogen (secondary N) is 1. The van der Waals surface area contributed by atoms with Crippen LogP contribution in [0.1, 0.15) is 18.0 Å². The Morgan fingerprint density at radius 1 is 1.32 bits per heavy atom. The summed E-state index contributed by atoms with van der Waals surface area (Å²) in [6.45, 7) is 1.21. The zero-order valence-electron chi connectivity index (χ0n) is 12.0. The molecule has 3 amide bonds. The second kappa shape index (κ2) is 6.02. The van der Waals surface area contributed by atoms with Crippen LogP contribution >= 0.6 is 0 Å². The number of aliphatic hydroxyl groups is 1. The van der Waals surface area contributed by atoms with Gasteiger partial charge in [-0.1, -0.05) is 12.1 Å². The molecule has 2 fully saturated rings. The number of benzene rings is 1. The molecule has 6 nitrogen and oxygen atoms in total. The summed E-state index contributed by atoms with van der Waals surface area (Å²) in [5.41, 5.74) is 0.800. The van der Waals surface area contributed by atoms with Gasteiger partial charge in [0, 0.05) is 25.7 Å². The number of carbonyl (C=O) groups is 2. The number of likely N-dealkylation sites (tertiary alicyclic amines) is 1. The number of rotatable bonds is 4. The van der Waals surface area contributed by atoms with E-state index in [1.54, 1.807) is 6.07 Å². The highest BCUT2D eigenvalue weighted by Gasteiger charge is 2.34. The zero-order valence-corrected chi connectivity index (χ0v) is 12.0. The number of amides is 3. The lowest BCUT2D eigenvalue weighted by Gasteiger charge is -2.26. The molecule has 0 bridgehead atoms. The number of hydrogen-bond acceptors (Lipinski definition) is 4. The molecule has 1 aromatic rings. The van der Waals surface area contributed by atoms with Crippen LogP contribution in [0.2, 0.25) is 0 Å². The van der Waals surface area contributed by atoms with Crippen LogP contribution in [0.5, 0.6) is 0 Å². The first kappa shape index (κ1) is 14.9. The highest BCUT2D eigenvalue weighted by atomic mass is 19.1. The Labute approximate surface area is 127 Å². The second-order valence-electron chi connectivity index (χ2n) is 5.66. The largest absolute Gasteiger partial charge is 0.392 e. The smallest absolute Gasteiger partial charge is 0.324 e. The minimum atomic E-state index is -0.489. The molecule has 7 heteroatoms. The van der Waals surface area contributed by atoms with E-state index in [0.29, 0.717) is 19.5 Å². The number of nitrogens with zero attached hydrogens (tertiary/aromatic N) is 2. The second-order valence-corrected chi connectivity index (χ2v) is 5.66.